The fraction of sp³-hybridized carbons (Fsp3) is 0.500. The van der Waals surface area contributed by atoms with Crippen LogP contribution in [0.5, 0.6) is 0 Å². The lowest BCUT2D eigenvalue weighted by Gasteiger charge is -2.03. The number of alkyl halides is 2. The number of nitrogens with one attached hydrogen (secondary N) is 1. The molecular formula is C8H11F2N3O. The first kappa shape index (κ1) is 10.6. The van der Waals surface area contributed by atoms with Crippen LogP contribution in [0.15, 0.2) is 6.20 Å². The molecule has 78 valence electrons. The number of aryl methyl sites for hydroxylation is 1. The van der Waals surface area contributed by atoms with Crippen molar-refractivity contribution in [2.45, 2.75) is 13.3 Å². The Morgan fingerprint density at radius 1 is 1.71 bits per heavy atom. The molecule has 0 fully saturated rings. The topological polar surface area (TPSA) is 50.9 Å². The van der Waals surface area contributed by atoms with Gasteiger partial charge in [-0.2, -0.15) is 5.10 Å². The van der Waals surface area contributed by atoms with E-state index < -0.39 is 12.1 Å². The summed E-state index contributed by atoms with van der Waals surface area (Å²) in [4.78, 5) is 0. The lowest BCUT2D eigenvalue weighted by atomic mass is 10.2. The summed E-state index contributed by atoms with van der Waals surface area (Å²) in [5.74, 6) is -0.268. The van der Waals surface area contributed by atoms with E-state index in [0.717, 1.165) is 0 Å². The van der Waals surface area contributed by atoms with Gasteiger partial charge in [-0.25, -0.2) is 8.78 Å². The summed E-state index contributed by atoms with van der Waals surface area (Å²) in [6.45, 7) is 1.96. The number of nitrogens with zero attached hydrogens (tertiary/aromatic N) is 2. The van der Waals surface area contributed by atoms with Crippen molar-refractivity contribution < 1.29 is 13.5 Å². The second kappa shape index (κ2) is 4.17. The molecule has 0 aliphatic heterocycles. The lowest BCUT2D eigenvalue weighted by Crippen LogP contribution is -2.06. The van der Waals surface area contributed by atoms with Gasteiger partial charge in [0.1, 0.15) is 5.69 Å². The minimum absolute atomic E-state index is 0.0457. The molecule has 0 atom stereocenters. The maximum Gasteiger partial charge on any atom is 0.282 e. The first-order valence-corrected chi connectivity index (χ1v) is 4.09. The third kappa shape index (κ3) is 2.07. The second-order valence-electron chi connectivity index (χ2n) is 2.66. The van der Waals surface area contributed by atoms with Gasteiger partial charge in [-0.15, -0.1) is 0 Å². The Morgan fingerprint density at radius 2 is 2.36 bits per heavy atom. The van der Waals surface area contributed by atoms with E-state index in [2.05, 4.69) is 5.10 Å². The molecule has 1 heterocycles. The summed E-state index contributed by atoms with van der Waals surface area (Å²) in [6.07, 6.45) is -1.34. The van der Waals surface area contributed by atoms with Crippen molar-refractivity contribution in [3.8, 4) is 0 Å². The zero-order valence-electron chi connectivity index (χ0n) is 7.92. The Balaban J connectivity index is 3.00. The molecule has 0 spiro atoms. The third-order valence-corrected chi connectivity index (χ3v) is 1.60. The SMILES string of the molecule is CCOC(=N)c1cn(C)nc1C(F)F. The molecule has 0 bridgehead atoms. The minimum Gasteiger partial charge on any atom is -0.478 e. The molecular weight excluding hydrogens is 192 g/mol. The Bertz CT molecular complexity index is 335. The van der Waals surface area contributed by atoms with Crippen LogP contribution in [0.25, 0.3) is 0 Å². The molecule has 1 N–H and O–H groups in total. The van der Waals surface area contributed by atoms with Crippen LogP contribution < -0.4 is 0 Å². The van der Waals surface area contributed by atoms with E-state index in [1.54, 1.807) is 6.92 Å². The van der Waals surface area contributed by atoms with Gasteiger partial charge >= 0.3 is 0 Å². The van der Waals surface area contributed by atoms with Crippen LogP contribution in [0.2, 0.25) is 0 Å². The summed E-state index contributed by atoms with van der Waals surface area (Å²) in [7, 11) is 1.52. The van der Waals surface area contributed by atoms with Gasteiger partial charge in [0.25, 0.3) is 6.43 Å². The lowest BCUT2D eigenvalue weighted by molar-refractivity contribution is 0.144. The van der Waals surface area contributed by atoms with Crippen molar-refractivity contribution in [2.24, 2.45) is 7.05 Å². The van der Waals surface area contributed by atoms with Crippen LogP contribution >= 0.6 is 0 Å². The summed E-state index contributed by atoms with van der Waals surface area (Å²) in [6, 6.07) is 0. The van der Waals surface area contributed by atoms with E-state index in [1.165, 1.54) is 17.9 Å². The molecule has 6 heteroatoms. The predicted octanol–water partition coefficient (Wildman–Crippen LogP) is 1.72. The van der Waals surface area contributed by atoms with Gasteiger partial charge in [0.2, 0.25) is 5.90 Å². The number of halogens is 2. The third-order valence-electron chi connectivity index (χ3n) is 1.60. The fourth-order valence-corrected chi connectivity index (χ4v) is 1.06. The van der Waals surface area contributed by atoms with E-state index in [4.69, 9.17) is 10.1 Å². The first-order chi connectivity index (χ1) is 6.56. The van der Waals surface area contributed by atoms with E-state index >= 15 is 0 Å². The molecule has 4 nitrogen and oxygen atoms in total. The molecule has 1 aromatic heterocycles. The fourth-order valence-electron chi connectivity index (χ4n) is 1.06. The Morgan fingerprint density at radius 3 is 2.86 bits per heavy atom. The molecule has 0 aliphatic carbocycles. The van der Waals surface area contributed by atoms with Crippen LogP contribution in [-0.2, 0) is 11.8 Å². The van der Waals surface area contributed by atoms with E-state index in [9.17, 15) is 8.78 Å². The number of aromatic nitrogens is 2. The molecule has 0 aromatic carbocycles. The highest BCUT2D eigenvalue weighted by Crippen LogP contribution is 2.21. The Hall–Kier alpha value is -1.46. The molecule has 0 saturated heterocycles. The number of hydrogen-bond acceptors (Lipinski definition) is 3. The summed E-state index contributed by atoms with van der Waals surface area (Å²) >= 11 is 0. The maximum atomic E-state index is 12.4. The van der Waals surface area contributed by atoms with Crippen LogP contribution in [0.1, 0.15) is 24.6 Å². The van der Waals surface area contributed by atoms with E-state index in [1.807, 2.05) is 0 Å². The summed E-state index contributed by atoms with van der Waals surface area (Å²) in [5, 5.41) is 10.9. The zero-order chi connectivity index (χ0) is 10.7. The van der Waals surface area contributed by atoms with Crippen LogP contribution in [-0.4, -0.2) is 22.3 Å². The monoisotopic (exact) mass is 203 g/mol. The highest BCUT2D eigenvalue weighted by atomic mass is 19.3. The molecule has 0 amide bonds. The normalized spacial score (nSPS) is 10.6. The van der Waals surface area contributed by atoms with Crippen molar-refractivity contribution in [1.82, 2.24) is 9.78 Å². The van der Waals surface area contributed by atoms with Gasteiger partial charge in [0.05, 0.1) is 12.2 Å². The summed E-state index contributed by atoms with van der Waals surface area (Å²) < 4.78 is 30.9. The molecule has 1 aromatic rings. The average Bonchev–Trinajstić information content (AvgIpc) is 2.48. The molecule has 0 radical (unpaired) electrons. The van der Waals surface area contributed by atoms with Gasteiger partial charge in [0.15, 0.2) is 0 Å². The second-order valence-corrected chi connectivity index (χ2v) is 2.66. The molecule has 1 rings (SSSR count). The van der Waals surface area contributed by atoms with Gasteiger partial charge in [-0.3, -0.25) is 10.1 Å². The number of rotatable bonds is 3. The van der Waals surface area contributed by atoms with Crippen LogP contribution in [0.4, 0.5) is 8.78 Å². The number of ether oxygens (including phenoxy) is 1. The largest absolute Gasteiger partial charge is 0.478 e. The quantitative estimate of drug-likeness (QED) is 0.600. The average molecular weight is 203 g/mol. The van der Waals surface area contributed by atoms with E-state index in [0.29, 0.717) is 0 Å². The van der Waals surface area contributed by atoms with Gasteiger partial charge in [-0.1, -0.05) is 0 Å². The van der Waals surface area contributed by atoms with Crippen molar-refractivity contribution in [1.29, 1.82) is 5.41 Å². The van der Waals surface area contributed by atoms with Crippen LogP contribution in [0, 0.1) is 5.41 Å². The first-order valence-electron chi connectivity index (χ1n) is 4.09. The Kier molecular flexibility index (Phi) is 3.16. The van der Waals surface area contributed by atoms with Gasteiger partial charge in [0, 0.05) is 13.2 Å². The van der Waals surface area contributed by atoms with Crippen LogP contribution in [0.3, 0.4) is 0 Å². The van der Waals surface area contributed by atoms with Gasteiger partial charge in [-0.05, 0) is 6.92 Å². The molecule has 0 saturated carbocycles. The van der Waals surface area contributed by atoms with Crippen molar-refractivity contribution >= 4 is 5.90 Å². The number of hydrogen-bond donors (Lipinski definition) is 1. The Labute approximate surface area is 80.0 Å². The predicted molar refractivity (Wildman–Crippen MR) is 46.6 cm³/mol. The van der Waals surface area contributed by atoms with E-state index in [-0.39, 0.29) is 18.1 Å². The summed E-state index contributed by atoms with van der Waals surface area (Å²) in [5.41, 5.74) is -0.365. The standard InChI is InChI=1S/C8H11F2N3O/c1-3-14-8(11)5-4-13(2)12-6(5)7(9)10/h4,7,11H,3H2,1-2H3. The smallest absolute Gasteiger partial charge is 0.282 e. The van der Waals surface area contributed by atoms with Crippen molar-refractivity contribution in [3.63, 3.8) is 0 Å². The van der Waals surface area contributed by atoms with Crippen molar-refractivity contribution in [3.05, 3.63) is 17.5 Å². The molecule has 0 unspecified atom stereocenters. The molecule has 14 heavy (non-hydrogen) atoms. The zero-order valence-corrected chi connectivity index (χ0v) is 7.92. The highest BCUT2D eigenvalue weighted by molar-refractivity contribution is 5.92. The minimum atomic E-state index is -2.69. The van der Waals surface area contributed by atoms with Gasteiger partial charge < -0.3 is 4.74 Å². The highest BCUT2D eigenvalue weighted by Gasteiger charge is 2.20. The molecule has 0 aliphatic rings. The van der Waals surface area contributed by atoms with Crippen molar-refractivity contribution in [2.75, 3.05) is 6.61 Å². The maximum absolute atomic E-state index is 12.4.